The van der Waals surface area contributed by atoms with Gasteiger partial charge in [-0.3, -0.25) is 13.9 Å². The van der Waals surface area contributed by atoms with Crippen molar-refractivity contribution in [2.45, 2.75) is 20.4 Å². The zero-order chi connectivity index (χ0) is 17.4. The molecule has 0 amide bonds. The zero-order valence-electron chi connectivity index (χ0n) is 13.0. The molecule has 1 heterocycles. The van der Waals surface area contributed by atoms with Gasteiger partial charge in [0.15, 0.2) is 0 Å². The Bertz CT molecular complexity index is 741. The maximum absolute atomic E-state index is 12.3. The molecule has 1 rings (SSSR count). The van der Waals surface area contributed by atoms with Crippen molar-refractivity contribution < 1.29 is 19.1 Å². The molecule has 8 nitrogen and oxygen atoms in total. The van der Waals surface area contributed by atoms with Gasteiger partial charge in [0.05, 0.1) is 19.3 Å². The Morgan fingerprint density at radius 2 is 1.87 bits per heavy atom. The van der Waals surface area contributed by atoms with E-state index in [1.807, 2.05) is 0 Å². The van der Waals surface area contributed by atoms with Gasteiger partial charge in [-0.15, -0.1) is 6.58 Å². The number of rotatable bonds is 7. The third-order valence-electron chi connectivity index (χ3n) is 2.67. The largest absolute Gasteiger partial charge is 0.463 e. The molecular formula is C15H18N2O6. The summed E-state index contributed by atoms with van der Waals surface area (Å²) >= 11 is 0. The highest BCUT2D eigenvalue weighted by Gasteiger charge is 2.18. The Morgan fingerprint density at radius 1 is 1.22 bits per heavy atom. The minimum Gasteiger partial charge on any atom is -0.463 e. The number of ether oxygens (including phenoxy) is 2. The van der Waals surface area contributed by atoms with Crippen molar-refractivity contribution in [3.05, 3.63) is 51.8 Å². The van der Waals surface area contributed by atoms with Gasteiger partial charge in [-0.1, -0.05) is 6.08 Å². The van der Waals surface area contributed by atoms with Crippen molar-refractivity contribution >= 4 is 17.6 Å². The van der Waals surface area contributed by atoms with E-state index in [1.165, 1.54) is 6.08 Å². The number of aromatic nitrogens is 2. The Balaban J connectivity index is 3.49. The highest BCUT2D eigenvalue weighted by atomic mass is 16.5. The third-order valence-corrected chi connectivity index (χ3v) is 2.67. The summed E-state index contributed by atoms with van der Waals surface area (Å²) < 4.78 is 11.3. The summed E-state index contributed by atoms with van der Waals surface area (Å²) in [4.78, 5) is 47.7. The lowest BCUT2D eigenvalue weighted by Crippen LogP contribution is -2.39. The van der Waals surface area contributed by atoms with Gasteiger partial charge in [0.2, 0.25) is 0 Å². The summed E-state index contributed by atoms with van der Waals surface area (Å²) in [5.74, 6) is -1.68. The van der Waals surface area contributed by atoms with Gasteiger partial charge in [-0.25, -0.2) is 14.4 Å². The van der Waals surface area contributed by atoms with E-state index in [9.17, 15) is 19.2 Å². The van der Waals surface area contributed by atoms with Crippen LogP contribution in [0.5, 0.6) is 0 Å². The molecule has 124 valence electrons. The minimum absolute atomic E-state index is 0.0337. The van der Waals surface area contributed by atoms with Crippen molar-refractivity contribution in [1.82, 2.24) is 9.13 Å². The van der Waals surface area contributed by atoms with E-state index in [2.05, 4.69) is 6.58 Å². The normalized spacial score (nSPS) is 11.0. The zero-order valence-corrected chi connectivity index (χ0v) is 13.0. The number of esters is 2. The van der Waals surface area contributed by atoms with E-state index in [4.69, 9.17) is 9.47 Å². The van der Waals surface area contributed by atoms with Crippen LogP contribution in [0.2, 0.25) is 0 Å². The maximum Gasteiger partial charge on any atom is 0.355 e. The minimum atomic E-state index is -0.883. The maximum atomic E-state index is 12.3. The molecule has 0 bridgehead atoms. The fourth-order valence-electron chi connectivity index (χ4n) is 1.72. The van der Waals surface area contributed by atoms with Crippen molar-refractivity contribution in [3.8, 4) is 0 Å². The van der Waals surface area contributed by atoms with Crippen LogP contribution in [-0.2, 0) is 25.6 Å². The molecule has 1 aromatic heterocycles. The molecule has 23 heavy (non-hydrogen) atoms. The number of carbonyl (C=O) groups is 2. The average molecular weight is 322 g/mol. The molecule has 0 aliphatic rings. The standard InChI is InChI=1S/C15H18N2O6/c1-4-8-17-12(18)7-9-16(15(17)21)11(14(20)23-6-3)10-13(19)22-5-2/h4,7,9-10H,1,5-6,8H2,2-3H3/b11-10+. The van der Waals surface area contributed by atoms with E-state index in [1.54, 1.807) is 13.8 Å². The van der Waals surface area contributed by atoms with Crippen LogP contribution < -0.4 is 11.2 Å². The molecule has 0 aliphatic carbocycles. The van der Waals surface area contributed by atoms with E-state index < -0.39 is 23.2 Å². The van der Waals surface area contributed by atoms with Crippen molar-refractivity contribution in [2.24, 2.45) is 0 Å². The lowest BCUT2D eigenvalue weighted by Gasteiger charge is -2.11. The highest BCUT2D eigenvalue weighted by molar-refractivity contribution is 6.14. The first-order valence-corrected chi connectivity index (χ1v) is 6.95. The molecule has 0 spiro atoms. The number of carbonyl (C=O) groups excluding carboxylic acids is 2. The second-order valence-electron chi connectivity index (χ2n) is 4.21. The van der Waals surface area contributed by atoms with Crippen molar-refractivity contribution in [2.75, 3.05) is 13.2 Å². The first-order valence-electron chi connectivity index (χ1n) is 6.95. The molecule has 0 N–H and O–H groups in total. The Labute approximate surface area is 132 Å². The number of hydrogen-bond acceptors (Lipinski definition) is 6. The lowest BCUT2D eigenvalue weighted by molar-refractivity contribution is -0.139. The number of nitrogens with zero attached hydrogens (tertiary/aromatic N) is 2. The average Bonchev–Trinajstić information content (AvgIpc) is 2.50. The van der Waals surface area contributed by atoms with Gasteiger partial charge in [-0.2, -0.15) is 0 Å². The Kier molecular flexibility index (Phi) is 6.72. The monoisotopic (exact) mass is 322 g/mol. The smallest absolute Gasteiger partial charge is 0.355 e. The van der Waals surface area contributed by atoms with Gasteiger partial charge in [-0.05, 0) is 13.8 Å². The fourth-order valence-corrected chi connectivity index (χ4v) is 1.72. The first-order chi connectivity index (χ1) is 11.0. The van der Waals surface area contributed by atoms with Crippen LogP contribution in [0.3, 0.4) is 0 Å². The predicted octanol–water partition coefficient (Wildman–Crippen LogP) is 0.163. The van der Waals surface area contributed by atoms with Crippen LogP contribution in [-0.4, -0.2) is 34.3 Å². The summed E-state index contributed by atoms with van der Waals surface area (Å²) in [6, 6.07) is 1.10. The molecule has 0 saturated carbocycles. The van der Waals surface area contributed by atoms with Crippen molar-refractivity contribution in [1.29, 1.82) is 0 Å². The summed E-state index contributed by atoms with van der Waals surface area (Å²) in [5.41, 5.74) is -1.68. The summed E-state index contributed by atoms with van der Waals surface area (Å²) in [7, 11) is 0. The van der Waals surface area contributed by atoms with Gasteiger partial charge >= 0.3 is 17.6 Å². The summed E-state index contributed by atoms with van der Waals surface area (Å²) in [5, 5.41) is 0. The highest BCUT2D eigenvalue weighted by Crippen LogP contribution is 2.05. The van der Waals surface area contributed by atoms with Crippen LogP contribution >= 0.6 is 0 Å². The van der Waals surface area contributed by atoms with E-state index in [0.29, 0.717) is 0 Å². The lowest BCUT2D eigenvalue weighted by atomic mass is 10.3. The van der Waals surface area contributed by atoms with Crippen LogP contribution in [0, 0.1) is 0 Å². The van der Waals surface area contributed by atoms with Crippen LogP contribution in [0.25, 0.3) is 5.70 Å². The molecule has 0 aliphatic heterocycles. The fraction of sp³-hybridized carbons (Fsp3) is 0.333. The number of hydrogen-bond donors (Lipinski definition) is 0. The quantitative estimate of drug-likeness (QED) is 0.403. The third kappa shape index (κ3) is 4.53. The van der Waals surface area contributed by atoms with E-state index >= 15 is 0 Å². The molecule has 0 unspecified atom stereocenters. The molecule has 0 radical (unpaired) electrons. The molecule has 0 saturated heterocycles. The van der Waals surface area contributed by atoms with Gasteiger partial charge < -0.3 is 9.47 Å². The predicted molar refractivity (Wildman–Crippen MR) is 82.7 cm³/mol. The van der Waals surface area contributed by atoms with Gasteiger partial charge in [0, 0.05) is 18.8 Å². The van der Waals surface area contributed by atoms with Crippen LogP contribution in [0.1, 0.15) is 13.8 Å². The van der Waals surface area contributed by atoms with Crippen LogP contribution in [0.4, 0.5) is 0 Å². The van der Waals surface area contributed by atoms with Gasteiger partial charge in [0.25, 0.3) is 5.56 Å². The molecule has 8 heteroatoms. The SMILES string of the molecule is C=CCn1c(=O)ccn(/C(=C/C(=O)OCC)C(=O)OCC)c1=O. The van der Waals surface area contributed by atoms with Crippen molar-refractivity contribution in [3.63, 3.8) is 0 Å². The molecule has 0 atom stereocenters. The first kappa shape index (κ1) is 18.1. The van der Waals surface area contributed by atoms with E-state index in [0.717, 1.165) is 27.5 Å². The topological polar surface area (TPSA) is 96.6 Å². The van der Waals surface area contributed by atoms with Gasteiger partial charge in [0.1, 0.15) is 5.70 Å². The number of allylic oxidation sites excluding steroid dienone is 1. The van der Waals surface area contributed by atoms with E-state index in [-0.39, 0.29) is 25.5 Å². The summed E-state index contributed by atoms with van der Waals surface area (Å²) in [6.45, 7) is 6.78. The second kappa shape index (κ2) is 8.52. The molecular weight excluding hydrogens is 304 g/mol. The molecule has 1 aromatic rings. The molecule has 0 fully saturated rings. The summed E-state index contributed by atoms with van der Waals surface area (Å²) in [6.07, 6.45) is 3.32. The Morgan fingerprint density at radius 3 is 2.43 bits per heavy atom. The Hall–Kier alpha value is -2.90. The van der Waals surface area contributed by atoms with Crippen LogP contribution in [0.15, 0.2) is 40.6 Å². The second-order valence-corrected chi connectivity index (χ2v) is 4.21. The molecule has 0 aromatic carbocycles.